The first-order valence-electron chi connectivity index (χ1n) is 6.59. The molecule has 0 radical (unpaired) electrons. The van der Waals surface area contributed by atoms with Gasteiger partial charge in [-0.25, -0.2) is 0 Å². The zero-order valence-corrected chi connectivity index (χ0v) is 12.7. The Labute approximate surface area is 121 Å². The first kappa shape index (κ1) is 12.9. The molecule has 1 aliphatic heterocycles. The van der Waals surface area contributed by atoms with E-state index in [0.717, 1.165) is 22.2 Å². The largest absolute Gasteiger partial charge is 0.306 e. The number of carbonyl (C=O) groups is 1. The van der Waals surface area contributed by atoms with Gasteiger partial charge >= 0.3 is 0 Å². The quantitative estimate of drug-likeness (QED) is 0.863. The molecule has 0 saturated heterocycles. The monoisotopic (exact) mass is 320 g/mol. The maximum Gasteiger partial charge on any atom is 0.144 e. The minimum atomic E-state index is -0.0910. The van der Waals surface area contributed by atoms with Crippen molar-refractivity contribution in [3.05, 3.63) is 34.3 Å². The molecular formula is C15H17BrN2O. The van der Waals surface area contributed by atoms with E-state index in [1.165, 1.54) is 0 Å². The fourth-order valence-corrected chi connectivity index (χ4v) is 3.66. The molecule has 0 bridgehead atoms. The molecule has 19 heavy (non-hydrogen) atoms. The van der Waals surface area contributed by atoms with Gasteiger partial charge in [-0.2, -0.15) is 5.10 Å². The summed E-state index contributed by atoms with van der Waals surface area (Å²) >= 11 is 3.55. The van der Waals surface area contributed by atoms with Crippen LogP contribution in [0.25, 0.3) is 0 Å². The molecule has 0 unspecified atom stereocenters. The number of halogens is 1. The third-order valence-electron chi connectivity index (χ3n) is 3.97. The molecular weight excluding hydrogens is 304 g/mol. The summed E-state index contributed by atoms with van der Waals surface area (Å²) in [6.45, 7) is 4.30. The van der Waals surface area contributed by atoms with Gasteiger partial charge in [-0.1, -0.05) is 48.0 Å². The van der Waals surface area contributed by atoms with Gasteiger partial charge in [0.05, 0.1) is 17.7 Å². The van der Waals surface area contributed by atoms with Crippen molar-refractivity contribution in [2.24, 2.45) is 16.4 Å². The van der Waals surface area contributed by atoms with Crippen molar-refractivity contribution >= 4 is 27.4 Å². The number of nitrogens with one attached hydrogen (secondary N) is 1. The number of Topliss-reactive ketones (excluding diaryl/α,β-unsaturated/α-hetero) is 1. The van der Waals surface area contributed by atoms with E-state index in [1.54, 1.807) is 0 Å². The zero-order valence-electron chi connectivity index (χ0n) is 11.1. The van der Waals surface area contributed by atoms with Crippen molar-refractivity contribution in [3.8, 4) is 0 Å². The highest BCUT2D eigenvalue weighted by Crippen LogP contribution is 2.40. The Morgan fingerprint density at radius 1 is 1.37 bits per heavy atom. The van der Waals surface area contributed by atoms with Gasteiger partial charge in [0.2, 0.25) is 0 Å². The van der Waals surface area contributed by atoms with Crippen LogP contribution in [0.5, 0.6) is 0 Å². The summed E-state index contributed by atoms with van der Waals surface area (Å²) in [5.41, 5.74) is 5.15. The van der Waals surface area contributed by atoms with Crippen molar-refractivity contribution in [1.29, 1.82) is 0 Å². The Morgan fingerprint density at radius 2 is 2.11 bits per heavy atom. The molecule has 1 saturated carbocycles. The molecule has 1 N–H and O–H groups in total. The Hall–Kier alpha value is -1.16. The van der Waals surface area contributed by atoms with Gasteiger partial charge in [0, 0.05) is 16.5 Å². The van der Waals surface area contributed by atoms with Crippen molar-refractivity contribution in [2.45, 2.75) is 32.7 Å². The Kier molecular flexibility index (Phi) is 3.01. The standard InChI is InChI=1S/C15H17BrN2O/c1-15(2)7-11-13(12(19)8-15)14(18-17-11)9-5-3-4-6-10(9)16/h3-6,11,13,17H,7-8H2,1-2H3/t11-,13+/m0/s1. The van der Waals surface area contributed by atoms with Crippen LogP contribution in [-0.2, 0) is 4.79 Å². The zero-order chi connectivity index (χ0) is 13.6. The molecule has 4 heteroatoms. The summed E-state index contributed by atoms with van der Waals surface area (Å²) in [5.74, 6) is 0.215. The fourth-order valence-electron chi connectivity index (χ4n) is 3.17. The van der Waals surface area contributed by atoms with Crippen molar-refractivity contribution in [2.75, 3.05) is 0 Å². The third-order valence-corrected chi connectivity index (χ3v) is 4.66. The molecule has 1 aliphatic carbocycles. The van der Waals surface area contributed by atoms with E-state index < -0.39 is 0 Å². The van der Waals surface area contributed by atoms with Crippen molar-refractivity contribution in [1.82, 2.24) is 5.43 Å². The van der Waals surface area contributed by atoms with Crippen molar-refractivity contribution < 1.29 is 4.79 Å². The van der Waals surface area contributed by atoms with E-state index in [9.17, 15) is 4.79 Å². The van der Waals surface area contributed by atoms with E-state index in [2.05, 4.69) is 40.3 Å². The number of fused-ring (bicyclic) bond motifs is 1. The van der Waals surface area contributed by atoms with E-state index in [-0.39, 0.29) is 17.4 Å². The summed E-state index contributed by atoms with van der Waals surface area (Å²) in [6.07, 6.45) is 1.63. The van der Waals surface area contributed by atoms with Crippen LogP contribution < -0.4 is 5.43 Å². The van der Waals surface area contributed by atoms with Crippen LogP contribution in [-0.4, -0.2) is 17.5 Å². The van der Waals surface area contributed by atoms with Gasteiger partial charge in [-0.05, 0) is 17.9 Å². The number of hydrogen-bond acceptors (Lipinski definition) is 3. The highest BCUT2D eigenvalue weighted by atomic mass is 79.9. The second-order valence-electron chi connectivity index (χ2n) is 6.20. The first-order valence-corrected chi connectivity index (χ1v) is 7.38. The Bertz CT molecular complexity index is 565. The van der Waals surface area contributed by atoms with E-state index in [1.807, 2.05) is 24.3 Å². The van der Waals surface area contributed by atoms with Crippen LogP contribution >= 0.6 is 15.9 Å². The molecule has 1 aromatic carbocycles. The van der Waals surface area contributed by atoms with Crippen LogP contribution in [0, 0.1) is 11.3 Å². The number of hydrazone groups is 1. The fraction of sp³-hybridized carbons (Fsp3) is 0.467. The lowest BCUT2D eigenvalue weighted by atomic mass is 9.68. The number of nitrogens with zero attached hydrogens (tertiary/aromatic N) is 1. The van der Waals surface area contributed by atoms with Crippen LogP contribution in [0.1, 0.15) is 32.3 Å². The Balaban J connectivity index is 1.95. The molecule has 0 amide bonds. The number of ketones is 1. The van der Waals surface area contributed by atoms with Gasteiger partial charge in [0.15, 0.2) is 0 Å². The third kappa shape index (κ3) is 2.22. The molecule has 0 aromatic heterocycles. The van der Waals surface area contributed by atoms with Crippen LogP contribution in [0.15, 0.2) is 33.8 Å². The maximum absolute atomic E-state index is 12.5. The molecule has 3 nitrogen and oxygen atoms in total. The molecule has 0 spiro atoms. The van der Waals surface area contributed by atoms with Gasteiger partial charge in [0.1, 0.15) is 5.78 Å². The smallest absolute Gasteiger partial charge is 0.144 e. The Morgan fingerprint density at radius 3 is 2.84 bits per heavy atom. The minimum Gasteiger partial charge on any atom is -0.306 e. The summed E-state index contributed by atoms with van der Waals surface area (Å²) in [4.78, 5) is 12.5. The van der Waals surface area contributed by atoms with Gasteiger partial charge in [-0.15, -0.1) is 0 Å². The molecule has 3 rings (SSSR count). The second kappa shape index (κ2) is 4.44. The average molecular weight is 321 g/mol. The van der Waals surface area contributed by atoms with Crippen LogP contribution in [0.4, 0.5) is 0 Å². The summed E-state index contributed by atoms with van der Waals surface area (Å²) in [6, 6.07) is 8.11. The van der Waals surface area contributed by atoms with E-state index in [4.69, 9.17) is 0 Å². The van der Waals surface area contributed by atoms with E-state index in [0.29, 0.717) is 12.2 Å². The predicted molar refractivity (Wildman–Crippen MR) is 79.1 cm³/mol. The van der Waals surface area contributed by atoms with Crippen LogP contribution in [0.2, 0.25) is 0 Å². The highest BCUT2D eigenvalue weighted by Gasteiger charge is 2.46. The lowest BCUT2D eigenvalue weighted by Gasteiger charge is -2.36. The topological polar surface area (TPSA) is 41.5 Å². The molecule has 2 aliphatic rings. The lowest BCUT2D eigenvalue weighted by molar-refractivity contribution is -0.126. The van der Waals surface area contributed by atoms with Crippen LogP contribution in [0.3, 0.4) is 0 Å². The number of carbonyl (C=O) groups excluding carboxylic acids is 1. The SMILES string of the molecule is CC1(C)CC(=O)[C@@H]2C(c3ccccc3Br)=NN[C@H]2C1. The highest BCUT2D eigenvalue weighted by molar-refractivity contribution is 9.10. The summed E-state index contributed by atoms with van der Waals surface area (Å²) in [5, 5.41) is 4.44. The second-order valence-corrected chi connectivity index (χ2v) is 7.06. The molecule has 100 valence electrons. The first-order chi connectivity index (χ1) is 8.98. The number of hydrogen-bond donors (Lipinski definition) is 1. The minimum absolute atomic E-state index is 0.0736. The summed E-state index contributed by atoms with van der Waals surface area (Å²) < 4.78 is 0.994. The normalized spacial score (nSPS) is 28.6. The van der Waals surface area contributed by atoms with Gasteiger partial charge in [-0.3, -0.25) is 4.79 Å². The molecule has 1 fully saturated rings. The molecule has 1 aromatic rings. The van der Waals surface area contributed by atoms with Gasteiger partial charge in [0.25, 0.3) is 0 Å². The predicted octanol–water partition coefficient (Wildman–Crippen LogP) is 3.13. The lowest BCUT2D eigenvalue weighted by Crippen LogP contribution is -2.45. The molecule has 2 atom stereocenters. The summed E-state index contributed by atoms with van der Waals surface area (Å²) in [7, 11) is 0. The van der Waals surface area contributed by atoms with Gasteiger partial charge < -0.3 is 5.43 Å². The maximum atomic E-state index is 12.5. The molecule has 1 heterocycles. The van der Waals surface area contributed by atoms with Crippen molar-refractivity contribution in [3.63, 3.8) is 0 Å². The van der Waals surface area contributed by atoms with E-state index >= 15 is 0 Å². The average Bonchev–Trinajstić information content (AvgIpc) is 2.71. The number of rotatable bonds is 1. The number of benzene rings is 1.